The Kier molecular flexibility index (Phi) is 4.04. The minimum absolute atomic E-state index is 0.0237. The highest BCUT2D eigenvalue weighted by atomic mass is 35.5. The molecule has 1 fully saturated rings. The number of hydrogen-bond donors (Lipinski definition) is 2. The Morgan fingerprint density at radius 2 is 2.00 bits per heavy atom. The Hall–Kier alpha value is -0.620. The molecule has 1 atom stereocenters. The van der Waals surface area contributed by atoms with E-state index >= 15 is 0 Å². The molecule has 0 saturated carbocycles. The molecule has 1 aliphatic rings. The molecule has 0 amide bonds. The van der Waals surface area contributed by atoms with Crippen molar-refractivity contribution in [2.45, 2.75) is 23.8 Å². The summed E-state index contributed by atoms with van der Waals surface area (Å²) in [4.78, 5) is 0.257. The Morgan fingerprint density at radius 3 is 2.59 bits per heavy atom. The van der Waals surface area contributed by atoms with Crippen LogP contribution in [0, 0.1) is 0 Å². The van der Waals surface area contributed by atoms with Crippen LogP contribution in [0.25, 0.3) is 0 Å². The van der Waals surface area contributed by atoms with E-state index in [1.807, 2.05) is 0 Å². The highest BCUT2D eigenvalue weighted by Crippen LogP contribution is 2.15. The number of piperidine rings is 1. The molecule has 2 rings (SSSR count). The van der Waals surface area contributed by atoms with Gasteiger partial charge in [-0.3, -0.25) is 0 Å². The van der Waals surface area contributed by atoms with E-state index in [2.05, 4.69) is 10.0 Å². The summed E-state index contributed by atoms with van der Waals surface area (Å²) in [6.45, 7) is 1.64. The molecular formula is C11H15ClN2O2S. The van der Waals surface area contributed by atoms with Gasteiger partial charge >= 0.3 is 0 Å². The zero-order chi connectivity index (χ0) is 12.3. The average molecular weight is 275 g/mol. The summed E-state index contributed by atoms with van der Waals surface area (Å²) >= 11 is 5.73. The first-order valence-corrected chi connectivity index (χ1v) is 7.43. The Morgan fingerprint density at radius 1 is 1.29 bits per heavy atom. The Balaban J connectivity index is 2.10. The van der Waals surface area contributed by atoms with Crippen LogP contribution >= 0.6 is 11.6 Å². The predicted molar refractivity (Wildman–Crippen MR) is 67.7 cm³/mol. The molecule has 1 saturated heterocycles. The van der Waals surface area contributed by atoms with Gasteiger partial charge in [0.2, 0.25) is 10.0 Å². The first kappa shape index (κ1) is 12.8. The standard InChI is InChI=1S/C11H15ClN2O2S/c12-9-3-5-11(6-4-9)17(15,16)14-10-2-1-7-13-8-10/h3-6,10,13-14H,1-2,7-8H2/t10-/m1/s1. The summed E-state index contributed by atoms with van der Waals surface area (Å²) in [5.41, 5.74) is 0. The van der Waals surface area contributed by atoms with E-state index in [1.165, 1.54) is 12.1 Å². The first-order chi connectivity index (χ1) is 8.08. The SMILES string of the molecule is O=S(=O)(N[C@@H]1CCCNC1)c1ccc(Cl)cc1. The van der Waals surface area contributed by atoms with Crippen LogP contribution in [0.15, 0.2) is 29.2 Å². The second kappa shape index (κ2) is 5.35. The molecule has 6 heteroatoms. The number of benzene rings is 1. The van der Waals surface area contributed by atoms with Crippen molar-refractivity contribution in [3.63, 3.8) is 0 Å². The monoisotopic (exact) mass is 274 g/mol. The van der Waals surface area contributed by atoms with Crippen molar-refractivity contribution in [2.75, 3.05) is 13.1 Å². The number of hydrogen-bond acceptors (Lipinski definition) is 3. The zero-order valence-electron chi connectivity index (χ0n) is 9.32. The molecule has 0 aromatic heterocycles. The fourth-order valence-corrected chi connectivity index (χ4v) is 3.25. The van der Waals surface area contributed by atoms with Gasteiger partial charge in [0.15, 0.2) is 0 Å². The van der Waals surface area contributed by atoms with E-state index in [0.717, 1.165) is 19.4 Å². The lowest BCUT2D eigenvalue weighted by Gasteiger charge is -2.23. The van der Waals surface area contributed by atoms with Crippen molar-refractivity contribution in [2.24, 2.45) is 0 Å². The lowest BCUT2D eigenvalue weighted by atomic mass is 10.1. The van der Waals surface area contributed by atoms with Gasteiger partial charge in [0, 0.05) is 17.6 Å². The van der Waals surface area contributed by atoms with Crippen molar-refractivity contribution >= 4 is 21.6 Å². The lowest BCUT2D eigenvalue weighted by molar-refractivity contribution is 0.428. The maximum absolute atomic E-state index is 12.0. The Labute approximate surface area is 106 Å². The van der Waals surface area contributed by atoms with Crippen LogP contribution < -0.4 is 10.0 Å². The van der Waals surface area contributed by atoms with Gasteiger partial charge in [-0.25, -0.2) is 13.1 Å². The van der Waals surface area contributed by atoms with Crippen LogP contribution in [0.1, 0.15) is 12.8 Å². The molecule has 2 N–H and O–H groups in total. The van der Waals surface area contributed by atoms with E-state index in [0.29, 0.717) is 11.6 Å². The van der Waals surface area contributed by atoms with E-state index in [9.17, 15) is 8.42 Å². The fraction of sp³-hybridized carbons (Fsp3) is 0.455. The summed E-state index contributed by atoms with van der Waals surface area (Å²) < 4.78 is 26.8. The normalized spacial score (nSPS) is 21.4. The highest BCUT2D eigenvalue weighted by Gasteiger charge is 2.21. The maximum atomic E-state index is 12.0. The third kappa shape index (κ3) is 3.42. The van der Waals surface area contributed by atoms with Gasteiger partial charge in [-0.2, -0.15) is 0 Å². The van der Waals surface area contributed by atoms with Crippen molar-refractivity contribution in [3.05, 3.63) is 29.3 Å². The van der Waals surface area contributed by atoms with Crippen molar-refractivity contribution in [3.8, 4) is 0 Å². The van der Waals surface area contributed by atoms with Crippen LogP contribution in [-0.2, 0) is 10.0 Å². The van der Waals surface area contributed by atoms with Gasteiger partial charge in [-0.1, -0.05) is 11.6 Å². The zero-order valence-corrected chi connectivity index (χ0v) is 10.9. The molecule has 1 aromatic carbocycles. The molecule has 1 aromatic rings. The fourth-order valence-electron chi connectivity index (χ4n) is 1.85. The summed E-state index contributed by atoms with van der Waals surface area (Å²) in [6.07, 6.45) is 1.87. The van der Waals surface area contributed by atoms with Gasteiger partial charge in [-0.15, -0.1) is 0 Å². The van der Waals surface area contributed by atoms with E-state index in [4.69, 9.17) is 11.6 Å². The molecule has 1 heterocycles. The molecule has 0 bridgehead atoms. The van der Waals surface area contributed by atoms with Gasteiger partial charge in [0.1, 0.15) is 0 Å². The van der Waals surface area contributed by atoms with Gasteiger partial charge in [0.25, 0.3) is 0 Å². The van der Waals surface area contributed by atoms with Crippen LogP contribution in [-0.4, -0.2) is 27.5 Å². The average Bonchev–Trinajstić information content (AvgIpc) is 2.30. The molecule has 0 aliphatic carbocycles. The summed E-state index contributed by atoms with van der Waals surface area (Å²) in [5.74, 6) is 0. The topological polar surface area (TPSA) is 58.2 Å². The molecule has 17 heavy (non-hydrogen) atoms. The third-order valence-corrected chi connectivity index (χ3v) is 4.53. The minimum Gasteiger partial charge on any atom is -0.315 e. The third-order valence-electron chi connectivity index (χ3n) is 2.74. The summed E-state index contributed by atoms with van der Waals surface area (Å²) in [5, 5.41) is 3.70. The number of sulfonamides is 1. The first-order valence-electron chi connectivity index (χ1n) is 5.56. The molecule has 4 nitrogen and oxygen atoms in total. The van der Waals surface area contributed by atoms with Crippen LogP contribution in [0.5, 0.6) is 0 Å². The van der Waals surface area contributed by atoms with Crippen LogP contribution in [0.2, 0.25) is 5.02 Å². The van der Waals surface area contributed by atoms with Gasteiger partial charge in [-0.05, 0) is 43.7 Å². The quantitative estimate of drug-likeness (QED) is 0.875. The maximum Gasteiger partial charge on any atom is 0.240 e. The second-order valence-corrected chi connectivity index (χ2v) is 6.27. The van der Waals surface area contributed by atoms with E-state index in [-0.39, 0.29) is 10.9 Å². The molecule has 0 radical (unpaired) electrons. The van der Waals surface area contributed by atoms with E-state index in [1.54, 1.807) is 12.1 Å². The summed E-state index contributed by atoms with van der Waals surface area (Å²) in [6, 6.07) is 6.16. The van der Waals surface area contributed by atoms with Crippen molar-refractivity contribution < 1.29 is 8.42 Å². The van der Waals surface area contributed by atoms with Crippen molar-refractivity contribution in [1.29, 1.82) is 0 Å². The Bertz CT molecular complexity index is 467. The lowest BCUT2D eigenvalue weighted by Crippen LogP contribution is -2.45. The number of halogens is 1. The second-order valence-electron chi connectivity index (χ2n) is 4.12. The smallest absolute Gasteiger partial charge is 0.240 e. The highest BCUT2D eigenvalue weighted by molar-refractivity contribution is 7.89. The molecule has 94 valence electrons. The molecular weight excluding hydrogens is 260 g/mol. The van der Waals surface area contributed by atoms with Gasteiger partial charge < -0.3 is 5.32 Å². The van der Waals surface area contributed by atoms with Crippen molar-refractivity contribution in [1.82, 2.24) is 10.0 Å². The minimum atomic E-state index is -3.43. The van der Waals surface area contributed by atoms with E-state index < -0.39 is 10.0 Å². The van der Waals surface area contributed by atoms with Crippen LogP contribution in [0.3, 0.4) is 0 Å². The molecule has 0 unspecified atom stereocenters. The summed E-state index contributed by atoms with van der Waals surface area (Å²) in [7, 11) is -3.43. The predicted octanol–water partition coefficient (Wildman–Crippen LogP) is 1.37. The number of rotatable bonds is 3. The van der Waals surface area contributed by atoms with Gasteiger partial charge in [0.05, 0.1) is 4.90 Å². The number of nitrogens with one attached hydrogen (secondary N) is 2. The molecule has 0 spiro atoms. The molecule has 1 aliphatic heterocycles. The van der Waals surface area contributed by atoms with Crippen LogP contribution in [0.4, 0.5) is 0 Å². The largest absolute Gasteiger partial charge is 0.315 e.